The van der Waals surface area contributed by atoms with E-state index in [0.29, 0.717) is 12.0 Å². The first-order chi connectivity index (χ1) is 6.74. The standard InChI is InChI=1S/C12H20N2/c1-10(8-13)9-14-11(2)12-6-4-3-5-7-12/h3-7,10-11,14H,8-9,13H2,1-2H3. The molecular formula is C12H20N2. The molecule has 0 saturated carbocycles. The van der Waals surface area contributed by atoms with Crippen molar-refractivity contribution in [3.8, 4) is 0 Å². The Morgan fingerprint density at radius 3 is 2.43 bits per heavy atom. The summed E-state index contributed by atoms with van der Waals surface area (Å²) in [5.41, 5.74) is 6.89. The lowest BCUT2D eigenvalue weighted by Gasteiger charge is -2.16. The quantitative estimate of drug-likeness (QED) is 0.748. The second-order valence-corrected chi connectivity index (χ2v) is 3.88. The van der Waals surface area contributed by atoms with Crippen LogP contribution in [-0.2, 0) is 0 Å². The average Bonchev–Trinajstić information content (AvgIpc) is 2.26. The number of benzene rings is 1. The summed E-state index contributed by atoms with van der Waals surface area (Å²) >= 11 is 0. The van der Waals surface area contributed by atoms with Crippen LogP contribution in [0.2, 0.25) is 0 Å². The summed E-state index contributed by atoms with van der Waals surface area (Å²) < 4.78 is 0. The molecule has 3 N–H and O–H groups in total. The maximum absolute atomic E-state index is 5.56. The van der Waals surface area contributed by atoms with Crippen molar-refractivity contribution in [2.75, 3.05) is 13.1 Å². The van der Waals surface area contributed by atoms with Gasteiger partial charge < -0.3 is 11.1 Å². The highest BCUT2D eigenvalue weighted by Gasteiger charge is 2.05. The van der Waals surface area contributed by atoms with Crippen molar-refractivity contribution in [1.82, 2.24) is 5.32 Å². The number of hydrogen-bond acceptors (Lipinski definition) is 2. The summed E-state index contributed by atoms with van der Waals surface area (Å²) in [4.78, 5) is 0. The molecule has 0 amide bonds. The van der Waals surface area contributed by atoms with E-state index in [9.17, 15) is 0 Å². The van der Waals surface area contributed by atoms with Gasteiger partial charge in [-0.3, -0.25) is 0 Å². The largest absolute Gasteiger partial charge is 0.330 e. The molecule has 2 unspecified atom stereocenters. The zero-order valence-electron chi connectivity index (χ0n) is 9.03. The van der Waals surface area contributed by atoms with Crippen LogP contribution in [0.3, 0.4) is 0 Å². The summed E-state index contributed by atoms with van der Waals surface area (Å²) in [6, 6.07) is 10.9. The van der Waals surface area contributed by atoms with Crippen molar-refractivity contribution in [2.45, 2.75) is 19.9 Å². The Balaban J connectivity index is 2.39. The summed E-state index contributed by atoms with van der Waals surface area (Å²) in [5.74, 6) is 0.543. The molecule has 0 fully saturated rings. The minimum Gasteiger partial charge on any atom is -0.330 e. The first-order valence-electron chi connectivity index (χ1n) is 5.22. The monoisotopic (exact) mass is 192 g/mol. The summed E-state index contributed by atoms with van der Waals surface area (Å²) in [5, 5.41) is 3.47. The van der Waals surface area contributed by atoms with Gasteiger partial charge in [0.15, 0.2) is 0 Å². The van der Waals surface area contributed by atoms with Gasteiger partial charge in [0, 0.05) is 6.04 Å². The molecule has 0 aliphatic carbocycles. The van der Waals surface area contributed by atoms with Crippen molar-refractivity contribution in [2.24, 2.45) is 11.7 Å². The minimum absolute atomic E-state index is 0.408. The second kappa shape index (κ2) is 5.78. The Labute approximate surface area is 86.5 Å². The maximum atomic E-state index is 5.56. The lowest BCUT2D eigenvalue weighted by molar-refractivity contribution is 0.477. The molecule has 2 atom stereocenters. The molecule has 2 heteroatoms. The van der Waals surface area contributed by atoms with E-state index in [1.54, 1.807) is 0 Å². The van der Waals surface area contributed by atoms with Crippen LogP contribution in [-0.4, -0.2) is 13.1 Å². The van der Waals surface area contributed by atoms with Gasteiger partial charge in [-0.05, 0) is 31.5 Å². The summed E-state index contributed by atoms with van der Waals surface area (Å²) in [6.07, 6.45) is 0. The van der Waals surface area contributed by atoms with Crippen LogP contribution in [0.1, 0.15) is 25.5 Å². The van der Waals surface area contributed by atoms with Gasteiger partial charge in [0.1, 0.15) is 0 Å². The molecule has 78 valence electrons. The molecule has 14 heavy (non-hydrogen) atoms. The normalized spacial score (nSPS) is 15.1. The van der Waals surface area contributed by atoms with Crippen LogP contribution >= 0.6 is 0 Å². The van der Waals surface area contributed by atoms with Gasteiger partial charge >= 0.3 is 0 Å². The molecule has 0 spiro atoms. The Morgan fingerprint density at radius 2 is 1.86 bits per heavy atom. The van der Waals surface area contributed by atoms with Crippen molar-refractivity contribution in [3.63, 3.8) is 0 Å². The third kappa shape index (κ3) is 3.48. The summed E-state index contributed by atoms with van der Waals surface area (Å²) in [6.45, 7) is 6.06. The third-order valence-electron chi connectivity index (χ3n) is 2.47. The van der Waals surface area contributed by atoms with Crippen molar-refractivity contribution < 1.29 is 0 Å². The second-order valence-electron chi connectivity index (χ2n) is 3.88. The van der Waals surface area contributed by atoms with E-state index in [2.05, 4.69) is 43.4 Å². The van der Waals surface area contributed by atoms with E-state index in [1.165, 1.54) is 5.56 Å². The Hall–Kier alpha value is -0.860. The van der Waals surface area contributed by atoms with E-state index < -0.39 is 0 Å². The predicted octanol–water partition coefficient (Wildman–Crippen LogP) is 1.93. The number of rotatable bonds is 5. The minimum atomic E-state index is 0.408. The van der Waals surface area contributed by atoms with E-state index in [0.717, 1.165) is 13.1 Å². The first-order valence-corrected chi connectivity index (χ1v) is 5.22. The first kappa shape index (κ1) is 11.2. The molecule has 0 aromatic heterocycles. The topological polar surface area (TPSA) is 38.0 Å². The van der Waals surface area contributed by atoms with Crippen molar-refractivity contribution in [3.05, 3.63) is 35.9 Å². The molecule has 0 aliphatic rings. The zero-order chi connectivity index (χ0) is 10.4. The average molecular weight is 192 g/mol. The lowest BCUT2D eigenvalue weighted by atomic mass is 10.1. The van der Waals surface area contributed by atoms with Crippen LogP contribution in [0.25, 0.3) is 0 Å². The number of nitrogens with one attached hydrogen (secondary N) is 1. The van der Waals surface area contributed by atoms with Crippen molar-refractivity contribution >= 4 is 0 Å². The van der Waals surface area contributed by atoms with E-state index in [-0.39, 0.29) is 0 Å². The number of hydrogen-bond donors (Lipinski definition) is 2. The SMILES string of the molecule is CC(CN)CNC(C)c1ccccc1. The fourth-order valence-electron chi connectivity index (χ4n) is 1.32. The van der Waals surface area contributed by atoms with E-state index >= 15 is 0 Å². The molecule has 0 radical (unpaired) electrons. The molecule has 1 aromatic rings. The van der Waals surface area contributed by atoms with Crippen LogP contribution in [0, 0.1) is 5.92 Å². The van der Waals surface area contributed by atoms with Gasteiger partial charge in [-0.2, -0.15) is 0 Å². The molecule has 2 nitrogen and oxygen atoms in total. The van der Waals surface area contributed by atoms with Gasteiger partial charge in [0.25, 0.3) is 0 Å². The Morgan fingerprint density at radius 1 is 1.21 bits per heavy atom. The predicted molar refractivity (Wildman–Crippen MR) is 61.1 cm³/mol. The highest BCUT2D eigenvalue weighted by atomic mass is 14.9. The molecule has 0 aliphatic heterocycles. The molecule has 1 rings (SSSR count). The van der Waals surface area contributed by atoms with Crippen LogP contribution in [0.4, 0.5) is 0 Å². The zero-order valence-corrected chi connectivity index (χ0v) is 9.03. The smallest absolute Gasteiger partial charge is 0.0291 e. The fraction of sp³-hybridized carbons (Fsp3) is 0.500. The van der Waals surface area contributed by atoms with Crippen LogP contribution in [0.5, 0.6) is 0 Å². The van der Waals surface area contributed by atoms with Crippen LogP contribution < -0.4 is 11.1 Å². The van der Waals surface area contributed by atoms with E-state index in [4.69, 9.17) is 5.73 Å². The molecular weight excluding hydrogens is 172 g/mol. The van der Waals surface area contributed by atoms with Crippen molar-refractivity contribution in [1.29, 1.82) is 0 Å². The van der Waals surface area contributed by atoms with E-state index in [1.807, 2.05) is 6.07 Å². The van der Waals surface area contributed by atoms with Crippen LogP contribution in [0.15, 0.2) is 30.3 Å². The summed E-state index contributed by atoms with van der Waals surface area (Å²) in [7, 11) is 0. The fourth-order valence-corrected chi connectivity index (χ4v) is 1.32. The van der Waals surface area contributed by atoms with Gasteiger partial charge in [-0.25, -0.2) is 0 Å². The Bertz CT molecular complexity index is 246. The maximum Gasteiger partial charge on any atom is 0.0291 e. The molecule has 0 heterocycles. The lowest BCUT2D eigenvalue weighted by Crippen LogP contribution is -2.28. The molecule has 0 saturated heterocycles. The van der Waals surface area contributed by atoms with Gasteiger partial charge in [-0.15, -0.1) is 0 Å². The third-order valence-corrected chi connectivity index (χ3v) is 2.47. The Kier molecular flexibility index (Phi) is 4.63. The van der Waals surface area contributed by atoms with Gasteiger partial charge in [0.05, 0.1) is 0 Å². The van der Waals surface area contributed by atoms with Gasteiger partial charge in [-0.1, -0.05) is 37.3 Å². The highest BCUT2D eigenvalue weighted by Crippen LogP contribution is 2.10. The molecule has 0 bridgehead atoms. The highest BCUT2D eigenvalue weighted by molar-refractivity contribution is 5.17. The number of nitrogens with two attached hydrogens (primary N) is 1. The molecule has 1 aromatic carbocycles. The van der Waals surface area contributed by atoms with Gasteiger partial charge in [0.2, 0.25) is 0 Å².